The summed E-state index contributed by atoms with van der Waals surface area (Å²) in [5, 5.41) is 22.5. The first-order chi connectivity index (χ1) is 9.04. The maximum absolute atomic E-state index is 11.7. The van der Waals surface area contributed by atoms with Gasteiger partial charge in [0.15, 0.2) is 0 Å². The molecule has 0 spiro atoms. The molecule has 1 atom stereocenters. The van der Waals surface area contributed by atoms with Crippen molar-refractivity contribution in [2.75, 3.05) is 25.0 Å². The number of anilines is 1. The number of carbonyl (C=O) groups excluding carboxylic acids is 1. The van der Waals surface area contributed by atoms with E-state index >= 15 is 0 Å². The molecule has 0 aliphatic carbocycles. The zero-order valence-electron chi connectivity index (χ0n) is 10.3. The van der Waals surface area contributed by atoms with Gasteiger partial charge in [-0.1, -0.05) is 0 Å². The number of non-ortho nitro benzene ring substituents is 1. The number of benzene rings is 1. The summed E-state index contributed by atoms with van der Waals surface area (Å²) >= 11 is 0. The molecule has 102 valence electrons. The van der Waals surface area contributed by atoms with Gasteiger partial charge in [0.05, 0.1) is 17.6 Å². The first-order valence-corrected chi connectivity index (χ1v) is 5.99. The molecule has 1 fully saturated rings. The first kappa shape index (κ1) is 13.4. The highest BCUT2D eigenvalue weighted by atomic mass is 16.6. The average molecular weight is 265 g/mol. The summed E-state index contributed by atoms with van der Waals surface area (Å²) in [7, 11) is 0. The lowest BCUT2D eigenvalue weighted by molar-refractivity contribution is -0.384. The van der Waals surface area contributed by atoms with Crippen LogP contribution in [-0.4, -0.2) is 46.6 Å². The van der Waals surface area contributed by atoms with Crippen molar-refractivity contribution in [1.29, 1.82) is 0 Å². The molecule has 0 aromatic heterocycles. The van der Waals surface area contributed by atoms with E-state index in [1.807, 2.05) is 4.90 Å². The van der Waals surface area contributed by atoms with Crippen molar-refractivity contribution in [3.8, 4) is 0 Å². The number of hydrogen-bond acceptors (Lipinski definition) is 5. The quantitative estimate of drug-likeness (QED) is 0.614. The molecule has 1 aliphatic heterocycles. The van der Waals surface area contributed by atoms with E-state index in [0.29, 0.717) is 25.2 Å². The fraction of sp³-hybridized carbons (Fsp3) is 0.417. The zero-order chi connectivity index (χ0) is 13.8. The van der Waals surface area contributed by atoms with Gasteiger partial charge in [0, 0.05) is 30.9 Å². The summed E-state index contributed by atoms with van der Waals surface area (Å²) in [6.07, 6.45) is 0.331. The van der Waals surface area contributed by atoms with Gasteiger partial charge in [-0.15, -0.1) is 0 Å². The Morgan fingerprint density at radius 3 is 2.68 bits per heavy atom. The molecule has 1 aromatic rings. The minimum Gasteiger partial charge on any atom is -0.392 e. The number of nitrogens with one attached hydrogen (secondary N) is 1. The molecule has 0 radical (unpaired) electrons. The molecule has 0 saturated carbocycles. The largest absolute Gasteiger partial charge is 0.392 e. The molecular formula is C12H15N3O4. The van der Waals surface area contributed by atoms with Gasteiger partial charge in [-0.3, -0.25) is 19.8 Å². The molecule has 1 heterocycles. The number of rotatable bonds is 4. The van der Waals surface area contributed by atoms with Crippen molar-refractivity contribution in [2.45, 2.75) is 12.5 Å². The fourth-order valence-corrected chi connectivity index (χ4v) is 2.03. The van der Waals surface area contributed by atoms with Gasteiger partial charge >= 0.3 is 0 Å². The number of hydrogen-bond donors (Lipinski definition) is 2. The number of β-amino-alcohol motifs (C(OH)–C–C–N with tert-alkyl or cyclic N) is 1. The SMILES string of the molecule is O=C(CN1CC[C@@H](O)C1)Nc1ccc([N+](=O)[O-])cc1. The summed E-state index contributed by atoms with van der Waals surface area (Å²) in [4.78, 5) is 23.6. The van der Waals surface area contributed by atoms with Crippen LogP contribution in [0.4, 0.5) is 11.4 Å². The minimum atomic E-state index is -0.489. The van der Waals surface area contributed by atoms with Gasteiger partial charge in [0.1, 0.15) is 0 Å². The molecule has 7 nitrogen and oxygen atoms in total. The summed E-state index contributed by atoms with van der Waals surface area (Å²) < 4.78 is 0. The Morgan fingerprint density at radius 1 is 1.47 bits per heavy atom. The summed E-state index contributed by atoms with van der Waals surface area (Å²) in [5.41, 5.74) is 0.510. The van der Waals surface area contributed by atoms with Crippen molar-refractivity contribution in [2.24, 2.45) is 0 Å². The van der Waals surface area contributed by atoms with Crippen LogP contribution in [0.15, 0.2) is 24.3 Å². The Labute approximate surface area is 110 Å². The lowest BCUT2D eigenvalue weighted by Crippen LogP contribution is -2.32. The van der Waals surface area contributed by atoms with E-state index in [-0.39, 0.29) is 24.2 Å². The Bertz CT molecular complexity index is 474. The summed E-state index contributed by atoms with van der Waals surface area (Å²) in [6.45, 7) is 1.43. The van der Waals surface area contributed by atoms with Gasteiger partial charge < -0.3 is 10.4 Å². The lowest BCUT2D eigenvalue weighted by atomic mass is 10.3. The summed E-state index contributed by atoms with van der Waals surface area (Å²) in [6, 6.07) is 5.67. The van der Waals surface area contributed by atoms with Crippen molar-refractivity contribution in [3.63, 3.8) is 0 Å². The average Bonchev–Trinajstić information content (AvgIpc) is 2.75. The minimum absolute atomic E-state index is 0.0133. The Morgan fingerprint density at radius 2 is 2.16 bits per heavy atom. The van der Waals surface area contributed by atoms with E-state index in [1.54, 1.807) is 0 Å². The predicted molar refractivity (Wildman–Crippen MR) is 68.8 cm³/mol. The standard InChI is InChI=1S/C12H15N3O4/c16-11-5-6-14(7-11)8-12(17)13-9-1-3-10(4-2-9)15(18)19/h1-4,11,16H,5-8H2,(H,13,17)/t11-/m1/s1. The Kier molecular flexibility index (Phi) is 4.08. The molecular weight excluding hydrogens is 250 g/mol. The lowest BCUT2D eigenvalue weighted by Gasteiger charge is -2.14. The number of nitro groups is 1. The third kappa shape index (κ3) is 3.73. The van der Waals surface area contributed by atoms with E-state index in [4.69, 9.17) is 0 Å². The van der Waals surface area contributed by atoms with Crippen molar-refractivity contribution < 1.29 is 14.8 Å². The molecule has 2 N–H and O–H groups in total. The van der Waals surface area contributed by atoms with Crippen LogP contribution in [0, 0.1) is 10.1 Å². The highest BCUT2D eigenvalue weighted by molar-refractivity contribution is 5.92. The van der Waals surface area contributed by atoms with Gasteiger partial charge in [0.2, 0.25) is 5.91 Å². The Hall–Kier alpha value is -1.99. The fourth-order valence-electron chi connectivity index (χ4n) is 2.03. The second kappa shape index (κ2) is 5.77. The molecule has 1 saturated heterocycles. The molecule has 19 heavy (non-hydrogen) atoms. The van der Waals surface area contributed by atoms with Crippen LogP contribution in [0.25, 0.3) is 0 Å². The monoisotopic (exact) mass is 265 g/mol. The van der Waals surface area contributed by atoms with Gasteiger partial charge in [-0.2, -0.15) is 0 Å². The maximum atomic E-state index is 11.7. The number of aliphatic hydroxyl groups excluding tert-OH is 1. The van der Waals surface area contributed by atoms with Crippen LogP contribution in [0.3, 0.4) is 0 Å². The second-order valence-corrected chi connectivity index (χ2v) is 4.53. The topological polar surface area (TPSA) is 95.7 Å². The van der Waals surface area contributed by atoms with Crippen LogP contribution in [0.1, 0.15) is 6.42 Å². The number of nitrogens with zero attached hydrogens (tertiary/aromatic N) is 2. The number of likely N-dealkylation sites (tertiary alicyclic amines) is 1. The number of amides is 1. The smallest absolute Gasteiger partial charge is 0.269 e. The van der Waals surface area contributed by atoms with Crippen molar-refractivity contribution >= 4 is 17.3 Å². The first-order valence-electron chi connectivity index (χ1n) is 5.99. The highest BCUT2D eigenvalue weighted by Crippen LogP contribution is 2.15. The number of nitro benzene ring substituents is 1. The van der Waals surface area contributed by atoms with E-state index in [1.165, 1.54) is 24.3 Å². The van der Waals surface area contributed by atoms with Crippen LogP contribution < -0.4 is 5.32 Å². The van der Waals surface area contributed by atoms with Crippen molar-refractivity contribution in [1.82, 2.24) is 4.90 Å². The van der Waals surface area contributed by atoms with E-state index in [9.17, 15) is 20.0 Å². The molecule has 1 amide bonds. The second-order valence-electron chi connectivity index (χ2n) is 4.53. The molecule has 2 rings (SSSR count). The molecule has 1 aromatic carbocycles. The van der Waals surface area contributed by atoms with Crippen LogP contribution >= 0.6 is 0 Å². The molecule has 1 aliphatic rings. The van der Waals surface area contributed by atoms with Crippen molar-refractivity contribution in [3.05, 3.63) is 34.4 Å². The maximum Gasteiger partial charge on any atom is 0.269 e. The predicted octanol–water partition coefficient (Wildman–Crippen LogP) is 0.600. The molecule has 0 bridgehead atoms. The summed E-state index contributed by atoms with van der Waals surface area (Å²) in [5.74, 6) is -0.192. The number of carbonyl (C=O) groups is 1. The van der Waals surface area contributed by atoms with Crippen LogP contribution in [0.5, 0.6) is 0 Å². The van der Waals surface area contributed by atoms with Gasteiger partial charge in [0.25, 0.3) is 5.69 Å². The Balaban J connectivity index is 1.86. The normalized spacial score (nSPS) is 19.3. The number of aliphatic hydroxyl groups is 1. The van der Waals surface area contributed by atoms with Gasteiger partial charge in [-0.05, 0) is 18.6 Å². The van der Waals surface area contributed by atoms with E-state index in [2.05, 4.69) is 5.32 Å². The molecule has 7 heteroatoms. The van der Waals surface area contributed by atoms with Crippen LogP contribution in [0.2, 0.25) is 0 Å². The van der Waals surface area contributed by atoms with Gasteiger partial charge in [-0.25, -0.2) is 0 Å². The third-order valence-corrected chi connectivity index (χ3v) is 2.98. The van der Waals surface area contributed by atoms with Crippen LogP contribution in [-0.2, 0) is 4.79 Å². The molecule has 0 unspecified atom stereocenters. The van der Waals surface area contributed by atoms with E-state index < -0.39 is 4.92 Å². The zero-order valence-corrected chi connectivity index (χ0v) is 10.3. The highest BCUT2D eigenvalue weighted by Gasteiger charge is 2.21. The van der Waals surface area contributed by atoms with E-state index in [0.717, 1.165) is 0 Å². The third-order valence-electron chi connectivity index (χ3n) is 2.98.